The zero-order valence-electron chi connectivity index (χ0n) is 37.5. The average molecular weight is 819 g/mol. The van der Waals surface area contributed by atoms with E-state index in [1.54, 1.807) is 0 Å². The van der Waals surface area contributed by atoms with Gasteiger partial charge in [-0.2, -0.15) is 0 Å². The number of nitrogens with zero attached hydrogens (tertiary/aromatic N) is 2. The highest BCUT2D eigenvalue weighted by Gasteiger charge is 2.30. The minimum atomic E-state index is 0.236. The zero-order chi connectivity index (χ0) is 43.4. The van der Waals surface area contributed by atoms with Crippen molar-refractivity contribution in [1.29, 1.82) is 0 Å². The third-order valence-corrected chi connectivity index (χ3v) is 13.6. The molecule has 0 spiro atoms. The van der Waals surface area contributed by atoms with E-state index in [4.69, 9.17) is 9.97 Å². The fraction of sp³-hybridized carbons (Fsp3) is 0.286. The highest BCUT2D eigenvalue weighted by molar-refractivity contribution is 6.11. The Morgan fingerprint density at radius 3 is 1.13 bits per heavy atom. The van der Waals surface area contributed by atoms with Gasteiger partial charge in [-0.05, 0) is 142 Å². The summed E-state index contributed by atoms with van der Waals surface area (Å²) in [4.78, 5) is 19.4. The number of aryl methyl sites for hydroxylation is 4. The van der Waals surface area contributed by atoms with Gasteiger partial charge in [0.05, 0.1) is 33.8 Å². The first-order valence-electron chi connectivity index (χ1n) is 23.0. The van der Waals surface area contributed by atoms with E-state index in [1.807, 2.05) is 24.3 Å². The van der Waals surface area contributed by atoms with Crippen molar-refractivity contribution in [1.82, 2.24) is 19.9 Å². The van der Waals surface area contributed by atoms with Gasteiger partial charge in [-0.3, -0.25) is 0 Å². The molecule has 0 saturated carbocycles. The number of nitrogens with one attached hydrogen (secondary N) is 2. The molecule has 2 aliphatic heterocycles. The minimum absolute atomic E-state index is 0.236. The van der Waals surface area contributed by atoms with Gasteiger partial charge in [0.15, 0.2) is 0 Å². The first kappa shape index (κ1) is 41.0. The maximum atomic E-state index is 12.1. The van der Waals surface area contributed by atoms with Gasteiger partial charge < -0.3 is 20.2 Å². The van der Waals surface area contributed by atoms with Gasteiger partial charge >= 0.3 is 0 Å². The van der Waals surface area contributed by atoms with Gasteiger partial charge in [0.25, 0.3) is 0 Å². The number of aromatic amines is 2. The summed E-state index contributed by atoms with van der Waals surface area (Å²) >= 11 is 0. The van der Waals surface area contributed by atoms with Crippen molar-refractivity contribution < 1.29 is 10.2 Å². The SMILES string of the molecule is CCC1=C(CC)c2nc1cc1[nH]c(c(CC)c1CC)c(-c1c(O)ccc3ccccc13)c1nc(cc3[nH]c(c(CC)c3CC)c2-c2c(O)ccc3ccccc23)C(CC)=C1CC. The van der Waals surface area contributed by atoms with E-state index in [9.17, 15) is 10.2 Å². The van der Waals surface area contributed by atoms with Crippen LogP contribution in [0.2, 0.25) is 0 Å². The number of fused-ring (bicyclic) bond motifs is 10. The maximum Gasteiger partial charge on any atom is 0.124 e. The van der Waals surface area contributed by atoms with E-state index >= 15 is 0 Å². The van der Waals surface area contributed by atoms with Crippen LogP contribution in [-0.2, 0) is 25.7 Å². The van der Waals surface area contributed by atoms with Gasteiger partial charge in [-0.25, -0.2) is 9.97 Å². The van der Waals surface area contributed by atoms with Gasteiger partial charge in [0.1, 0.15) is 11.5 Å². The standard InChI is InChI=1S/C56H58N4O2/c1-9-33-37(13-5)53-51(49-41-23-19-17-21-31(41)25-27-47(49)61)54-39(15-7)35(11-3)45(59-54)30-46-36(12-4)40(16-8)56(60-46)52(50-42-24-20-18-22-32(42)26-28-48(50)62)55-38(14-6)34(10-2)44(58-55)29-43(33)57-53/h17-30,57,60-62H,9-16H2,1-8H3. The average Bonchev–Trinajstić information content (AvgIpc) is 4.04. The lowest BCUT2D eigenvalue weighted by Gasteiger charge is -2.14. The number of phenolic OH excluding ortho intramolecular Hbond substituents is 2. The van der Waals surface area contributed by atoms with Crippen LogP contribution in [0.5, 0.6) is 11.5 Å². The second-order valence-corrected chi connectivity index (χ2v) is 16.6. The summed E-state index contributed by atoms with van der Waals surface area (Å²) in [5.74, 6) is 0.472. The lowest BCUT2D eigenvalue weighted by atomic mass is 9.90. The van der Waals surface area contributed by atoms with Crippen molar-refractivity contribution in [2.75, 3.05) is 0 Å². The van der Waals surface area contributed by atoms with E-state index < -0.39 is 0 Å². The number of allylic oxidation sites excluding steroid dienone is 4. The largest absolute Gasteiger partial charge is 0.507 e. The van der Waals surface area contributed by atoms with Crippen molar-refractivity contribution in [3.63, 3.8) is 0 Å². The lowest BCUT2D eigenvalue weighted by molar-refractivity contribution is 0.477. The molecule has 7 aromatic rings. The van der Waals surface area contributed by atoms with Crippen LogP contribution in [0, 0.1) is 0 Å². The number of rotatable bonds is 10. The fourth-order valence-electron chi connectivity index (χ4n) is 10.8. The Morgan fingerprint density at radius 1 is 0.403 bits per heavy atom. The molecule has 0 fully saturated rings. The van der Waals surface area contributed by atoms with Crippen LogP contribution < -0.4 is 0 Å². The van der Waals surface area contributed by atoms with Crippen LogP contribution in [0.15, 0.2) is 84.9 Å². The Labute approximate surface area is 365 Å². The van der Waals surface area contributed by atoms with Gasteiger partial charge in [-0.15, -0.1) is 0 Å². The molecule has 5 heterocycles. The Hall–Kier alpha value is -6.40. The van der Waals surface area contributed by atoms with Crippen molar-refractivity contribution in [2.24, 2.45) is 0 Å². The topological polar surface area (TPSA) is 97.8 Å². The Morgan fingerprint density at radius 2 is 0.774 bits per heavy atom. The van der Waals surface area contributed by atoms with Crippen molar-refractivity contribution in [3.8, 4) is 33.8 Å². The molecule has 0 saturated heterocycles. The van der Waals surface area contributed by atoms with Crippen LogP contribution in [0.25, 0.3) is 88.2 Å². The Balaban J connectivity index is 1.61. The molecule has 0 atom stereocenters. The predicted molar refractivity (Wildman–Crippen MR) is 263 cm³/mol. The van der Waals surface area contributed by atoms with Crippen LogP contribution in [0.1, 0.15) is 126 Å². The van der Waals surface area contributed by atoms with E-state index in [-0.39, 0.29) is 11.5 Å². The molecular formula is C56H58N4O2. The fourth-order valence-corrected chi connectivity index (χ4v) is 10.8. The van der Waals surface area contributed by atoms with E-state index in [0.29, 0.717) is 0 Å². The molecule has 62 heavy (non-hydrogen) atoms. The molecular weight excluding hydrogens is 761 g/mol. The number of hydrogen-bond donors (Lipinski definition) is 4. The normalized spacial score (nSPS) is 13.0. The van der Waals surface area contributed by atoms with Crippen molar-refractivity contribution in [2.45, 2.75) is 107 Å². The molecule has 6 heteroatoms. The zero-order valence-corrected chi connectivity index (χ0v) is 37.5. The lowest BCUT2D eigenvalue weighted by Crippen LogP contribution is -1.94. The summed E-state index contributed by atoms with van der Waals surface area (Å²) in [6.07, 6.45) is 6.39. The summed E-state index contributed by atoms with van der Waals surface area (Å²) in [6.45, 7) is 17.9. The molecule has 0 aliphatic carbocycles. The van der Waals surface area contributed by atoms with Crippen molar-refractivity contribution >= 4 is 65.9 Å². The summed E-state index contributed by atoms with van der Waals surface area (Å²) in [5.41, 5.74) is 20.9. The number of aromatic nitrogens is 4. The predicted octanol–water partition coefficient (Wildman–Crippen LogP) is 15.1. The molecule has 0 amide bonds. The molecule has 2 aliphatic rings. The molecule has 9 rings (SSSR count). The van der Waals surface area contributed by atoms with Gasteiger partial charge in [0.2, 0.25) is 0 Å². The molecule has 3 aromatic heterocycles. The molecule has 0 radical (unpaired) electrons. The molecule has 8 bridgehead atoms. The van der Waals surface area contributed by atoms with Crippen LogP contribution in [0.3, 0.4) is 0 Å². The van der Waals surface area contributed by atoms with E-state index in [2.05, 4.69) is 126 Å². The first-order chi connectivity index (χ1) is 30.2. The number of aromatic hydroxyl groups is 2. The first-order valence-corrected chi connectivity index (χ1v) is 23.0. The second-order valence-electron chi connectivity index (χ2n) is 16.6. The highest BCUT2D eigenvalue weighted by Crippen LogP contribution is 2.49. The quantitative estimate of drug-likeness (QED) is 0.110. The monoisotopic (exact) mass is 818 g/mol. The minimum Gasteiger partial charge on any atom is -0.507 e. The summed E-state index contributed by atoms with van der Waals surface area (Å²) in [7, 11) is 0. The number of phenols is 2. The van der Waals surface area contributed by atoms with Gasteiger partial charge in [-0.1, -0.05) is 116 Å². The second kappa shape index (κ2) is 16.5. The summed E-state index contributed by atoms with van der Waals surface area (Å²) in [5, 5.41) is 28.3. The van der Waals surface area contributed by atoms with E-state index in [0.717, 1.165) is 140 Å². The third kappa shape index (κ3) is 6.29. The smallest absolute Gasteiger partial charge is 0.124 e. The van der Waals surface area contributed by atoms with Crippen LogP contribution in [-0.4, -0.2) is 30.1 Å². The molecule has 0 unspecified atom stereocenters. The third-order valence-electron chi connectivity index (χ3n) is 13.6. The van der Waals surface area contributed by atoms with Crippen LogP contribution in [0.4, 0.5) is 0 Å². The summed E-state index contributed by atoms with van der Waals surface area (Å²) < 4.78 is 0. The molecule has 4 N–H and O–H groups in total. The number of H-pyrrole nitrogens is 2. The highest BCUT2D eigenvalue weighted by atomic mass is 16.3. The van der Waals surface area contributed by atoms with Crippen molar-refractivity contribution in [3.05, 3.63) is 130 Å². The maximum absolute atomic E-state index is 12.1. The number of benzene rings is 4. The summed E-state index contributed by atoms with van der Waals surface area (Å²) in [6, 6.07) is 29.0. The Kier molecular flexibility index (Phi) is 10.9. The number of hydrogen-bond acceptors (Lipinski definition) is 4. The van der Waals surface area contributed by atoms with Crippen LogP contribution >= 0.6 is 0 Å². The molecule has 4 aromatic carbocycles. The molecule has 6 nitrogen and oxygen atoms in total. The van der Waals surface area contributed by atoms with Gasteiger partial charge in [0, 0.05) is 33.3 Å². The molecule has 314 valence electrons. The van der Waals surface area contributed by atoms with E-state index in [1.165, 1.54) is 44.5 Å². The Bertz CT molecular complexity index is 2980.